The number of aromatic nitrogens is 2. The Morgan fingerprint density at radius 3 is 2.78 bits per heavy atom. The molecule has 0 radical (unpaired) electrons. The number of nitrogens with one attached hydrogen (secondary N) is 1. The van der Waals surface area contributed by atoms with Gasteiger partial charge in [0.1, 0.15) is 0 Å². The summed E-state index contributed by atoms with van der Waals surface area (Å²) >= 11 is 0. The molecule has 0 saturated heterocycles. The van der Waals surface area contributed by atoms with Crippen LogP contribution in [-0.4, -0.2) is 27.8 Å². The van der Waals surface area contributed by atoms with E-state index in [2.05, 4.69) is 10.4 Å². The Bertz CT molecular complexity index is 399. The lowest BCUT2D eigenvalue weighted by molar-refractivity contribution is -0.126. The van der Waals surface area contributed by atoms with E-state index in [1.807, 2.05) is 19.4 Å². The summed E-state index contributed by atoms with van der Waals surface area (Å²) in [4.78, 5) is 11.9. The molecule has 6 heteroatoms. The van der Waals surface area contributed by atoms with Crippen LogP contribution in [0.1, 0.15) is 31.2 Å². The summed E-state index contributed by atoms with van der Waals surface area (Å²) in [5, 5.41) is 7.01. The molecule has 0 aliphatic heterocycles. The fraction of sp³-hybridized carbons (Fsp3) is 0.667. The first-order chi connectivity index (χ1) is 8.10. The molecule has 1 saturated carbocycles. The lowest BCUT2D eigenvalue weighted by atomic mass is 9.98. The molecular formula is C12H21ClN4O. The van der Waals surface area contributed by atoms with Gasteiger partial charge in [-0.3, -0.25) is 9.48 Å². The maximum Gasteiger partial charge on any atom is 0.240 e. The van der Waals surface area contributed by atoms with E-state index in [1.165, 1.54) is 0 Å². The fourth-order valence-electron chi connectivity index (χ4n) is 2.33. The minimum absolute atomic E-state index is 0. The highest BCUT2D eigenvalue weighted by Crippen LogP contribution is 2.27. The van der Waals surface area contributed by atoms with Crippen molar-refractivity contribution in [2.45, 2.75) is 37.6 Å². The van der Waals surface area contributed by atoms with E-state index in [4.69, 9.17) is 5.73 Å². The van der Waals surface area contributed by atoms with E-state index < -0.39 is 5.54 Å². The number of hydrogen-bond donors (Lipinski definition) is 2. The lowest BCUT2D eigenvalue weighted by Crippen LogP contribution is -2.52. The van der Waals surface area contributed by atoms with Crippen LogP contribution in [0.15, 0.2) is 12.4 Å². The summed E-state index contributed by atoms with van der Waals surface area (Å²) in [5.74, 6) is -0.00103. The predicted molar refractivity (Wildman–Crippen MR) is 72.6 cm³/mol. The molecule has 0 unspecified atom stereocenters. The largest absolute Gasteiger partial charge is 0.354 e. The van der Waals surface area contributed by atoms with Crippen LogP contribution in [0.4, 0.5) is 0 Å². The van der Waals surface area contributed by atoms with E-state index in [-0.39, 0.29) is 18.3 Å². The van der Waals surface area contributed by atoms with Crippen molar-refractivity contribution in [1.82, 2.24) is 15.1 Å². The average Bonchev–Trinajstić information content (AvgIpc) is 2.89. The summed E-state index contributed by atoms with van der Waals surface area (Å²) in [6.45, 7) is 0.628. The number of amides is 1. The predicted octanol–water partition coefficient (Wildman–Crippen LogP) is 0.772. The van der Waals surface area contributed by atoms with Gasteiger partial charge in [-0.1, -0.05) is 12.8 Å². The molecule has 102 valence electrons. The molecule has 1 aliphatic rings. The van der Waals surface area contributed by atoms with Gasteiger partial charge in [-0.25, -0.2) is 0 Å². The fourth-order valence-corrected chi connectivity index (χ4v) is 2.33. The van der Waals surface area contributed by atoms with Crippen LogP contribution >= 0.6 is 12.4 Å². The van der Waals surface area contributed by atoms with Gasteiger partial charge in [-0.15, -0.1) is 12.4 Å². The molecule has 5 nitrogen and oxygen atoms in total. The van der Waals surface area contributed by atoms with Gasteiger partial charge in [0.25, 0.3) is 0 Å². The molecule has 18 heavy (non-hydrogen) atoms. The van der Waals surface area contributed by atoms with Crippen LogP contribution in [-0.2, 0) is 18.3 Å². The zero-order valence-electron chi connectivity index (χ0n) is 10.7. The molecule has 1 aliphatic carbocycles. The molecule has 0 atom stereocenters. The third-order valence-electron chi connectivity index (χ3n) is 3.41. The third kappa shape index (κ3) is 3.46. The van der Waals surface area contributed by atoms with Gasteiger partial charge in [0.15, 0.2) is 0 Å². The molecule has 1 heterocycles. The minimum Gasteiger partial charge on any atom is -0.354 e. The van der Waals surface area contributed by atoms with Crippen molar-refractivity contribution in [2.75, 3.05) is 6.54 Å². The Hall–Kier alpha value is -1.07. The van der Waals surface area contributed by atoms with Crippen molar-refractivity contribution >= 4 is 18.3 Å². The Labute approximate surface area is 114 Å². The number of hydrogen-bond acceptors (Lipinski definition) is 3. The highest BCUT2D eigenvalue weighted by Gasteiger charge is 2.36. The average molecular weight is 273 g/mol. The quantitative estimate of drug-likeness (QED) is 0.850. The number of carbonyl (C=O) groups excluding carboxylic acids is 1. The number of rotatable bonds is 4. The smallest absolute Gasteiger partial charge is 0.240 e. The van der Waals surface area contributed by atoms with Crippen LogP contribution < -0.4 is 11.1 Å². The van der Waals surface area contributed by atoms with Crippen molar-refractivity contribution < 1.29 is 4.79 Å². The number of carbonyl (C=O) groups is 1. The first kappa shape index (κ1) is 15.0. The Balaban J connectivity index is 0.00000162. The highest BCUT2D eigenvalue weighted by atomic mass is 35.5. The number of nitrogens with zero attached hydrogens (tertiary/aromatic N) is 2. The van der Waals surface area contributed by atoms with Gasteiger partial charge < -0.3 is 11.1 Å². The van der Waals surface area contributed by atoms with Crippen molar-refractivity contribution in [3.63, 3.8) is 0 Å². The molecule has 0 aromatic carbocycles. The Kier molecular flexibility index (Phi) is 5.16. The highest BCUT2D eigenvalue weighted by molar-refractivity contribution is 5.86. The molecular weight excluding hydrogens is 252 g/mol. The first-order valence-electron chi connectivity index (χ1n) is 6.15. The van der Waals surface area contributed by atoms with Gasteiger partial charge in [0.2, 0.25) is 5.91 Å². The van der Waals surface area contributed by atoms with Gasteiger partial charge in [0, 0.05) is 19.8 Å². The monoisotopic (exact) mass is 272 g/mol. The van der Waals surface area contributed by atoms with Crippen molar-refractivity contribution in [2.24, 2.45) is 12.8 Å². The van der Waals surface area contributed by atoms with Gasteiger partial charge >= 0.3 is 0 Å². The molecule has 0 spiro atoms. The molecule has 1 fully saturated rings. The van der Waals surface area contributed by atoms with Crippen LogP contribution in [0.3, 0.4) is 0 Å². The van der Waals surface area contributed by atoms with E-state index in [1.54, 1.807) is 4.68 Å². The summed E-state index contributed by atoms with van der Waals surface area (Å²) < 4.78 is 1.76. The van der Waals surface area contributed by atoms with Crippen LogP contribution in [0.25, 0.3) is 0 Å². The topological polar surface area (TPSA) is 72.9 Å². The van der Waals surface area contributed by atoms with Crippen LogP contribution in [0.5, 0.6) is 0 Å². The van der Waals surface area contributed by atoms with E-state index in [0.717, 1.165) is 37.7 Å². The standard InChI is InChI=1S/C12H20N4O.ClH/c1-16-9-10(8-15-16)4-7-14-11(17)12(13)5-2-3-6-12;/h8-9H,2-7,13H2,1H3,(H,14,17);1H. The minimum atomic E-state index is -0.616. The van der Waals surface area contributed by atoms with Gasteiger partial charge in [-0.2, -0.15) is 5.10 Å². The van der Waals surface area contributed by atoms with Gasteiger partial charge in [0.05, 0.1) is 11.7 Å². The Morgan fingerprint density at radius 1 is 1.56 bits per heavy atom. The van der Waals surface area contributed by atoms with E-state index in [9.17, 15) is 4.79 Å². The molecule has 2 rings (SSSR count). The number of aryl methyl sites for hydroxylation is 1. The summed E-state index contributed by atoms with van der Waals surface area (Å²) in [6, 6.07) is 0. The van der Waals surface area contributed by atoms with E-state index >= 15 is 0 Å². The second-order valence-corrected chi connectivity index (χ2v) is 4.89. The lowest BCUT2D eigenvalue weighted by Gasteiger charge is -2.22. The Morgan fingerprint density at radius 2 is 2.22 bits per heavy atom. The maximum absolute atomic E-state index is 11.9. The molecule has 0 bridgehead atoms. The maximum atomic E-state index is 11.9. The normalized spacial score (nSPS) is 17.2. The zero-order valence-corrected chi connectivity index (χ0v) is 11.5. The SMILES string of the molecule is Cl.Cn1cc(CCNC(=O)C2(N)CCCC2)cn1. The van der Waals surface area contributed by atoms with Gasteiger partial charge in [-0.05, 0) is 24.8 Å². The first-order valence-corrected chi connectivity index (χ1v) is 6.15. The van der Waals surface area contributed by atoms with Crippen LogP contribution in [0.2, 0.25) is 0 Å². The molecule has 1 aromatic rings. The van der Waals surface area contributed by atoms with E-state index in [0.29, 0.717) is 6.54 Å². The molecule has 3 N–H and O–H groups in total. The van der Waals surface area contributed by atoms with Crippen molar-refractivity contribution in [3.8, 4) is 0 Å². The zero-order chi connectivity index (χ0) is 12.3. The number of halogens is 1. The second kappa shape index (κ2) is 6.20. The summed E-state index contributed by atoms with van der Waals surface area (Å²) in [5.41, 5.74) is 6.57. The van der Waals surface area contributed by atoms with Crippen molar-refractivity contribution in [3.05, 3.63) is 18.0 Å². The summed E-state index contributed by atoms with van der Waals surface area (Å²) in [6.07, 6.45) is 8.33. The number of nitrogens with two attached hydrogens (primary N) is 1. The third-order valence-corrected chi connectivity index (χ3v) is 3.41. The second-order valence-electron chi connectivity index (χ2n) is 4.89. The molecule has 1 amide bonds. The molecule has 1 aromatic heterocycles. The van der Waals surface area contributed by atoms with Crippen LogP contribution in [0, 0.1) is 0 Å². The summed E-state index contributed by atoms with van der Waals surface area (Å²) in [7, 11) is 1.88. The van der Waals surface area contributed by atoms with Crippen molar-refractivity contribution in [1.29, 1.82) is 0 Å².